The van der Waals surface area contributed by atoms with Crippen LogP contribution in [-0.4, -0.2) is 30.3 Å². The van der Waals surface area contributed by atoms with Crippen molar-refractivity contribution in [2.75, 3.05) is 13.7 Å². The average molecular weight is 443 g/mol. The summed E-state index contributed by atoms with van der Waals surface area (Å²) in [6, 6.07) is 23.6. The van der Waals surface area contributed by atoms with Gasteiger partial charge in [-0.3, -0.25) is 9.59 Å². The molecular formula is C26H22N2O3S. The Kier molecular flexibility index (Phi) is 6.72. The Balaban J connectivity index is 1.39. The fraction of sp³-hybridized carbons (Fsp3) is 0.115. The van der Waals surface area contributed by atoms with Crippen LogP contribution in [0.5, 0.6) is 5.75 Å². The molecule has 0 aliphatic rings. The lowest BCUT2D eigenvalue weighted by Gasteiger charge is -2.09. The lowest BCUT2D eigenvalue weighted by atomic mass is 9.98. The Morgan fingerprint density at radius 1 is 0.906 bits per heavy atom. The third-order valence-electron chi connectivity index (χ3n) is 5.01. The number of carbonyl (C=O) groups excluding carboxylic acids is 2. The molecule has 0 spiro atoms. The minimum absolute atomic E-state index is 0.166. The maximum absolute atomic E-state index is 12.8. The number of hydrogen-bond donors (Lipinski definition) is 1. The average Bonchev–Trinajstić information content (AvgIpc) is 3.33. The fourth-order valence-electron chi connectivity index (χ4n) is 3.32. The smallest absolute Gasteiger partial charge is 0.252 e. The molecule has 0 saturated heterocycles. The van der Waals surface area contributed by atoms with Gasteiger partial charge >= 0.3 is 0 Å². The molecule has 4 aromatic rings. The monoisotopic (exact) mass is 442 g/mol. The molecule has 0 bridgehead atoms. The van der Waals surface area contributed by atoms with E-state index in [1.165, 1.54) is 0 Å². The zero-order valence-electron chi connectivity index (χ0n) is 17.6. The van der Waals surface area contributed by atoms with Gasteiger partial charge in [0, 0.05) is 35.0 Å². The molecule has 0 unspecified atom stereocenters. The summed E-state index contributed by atoms with van der Waals surface area (Å²) in [6.07, 6.45) is 0.612. The zero-order valence-corrected chi connectivity index (χ0v) is 18.4. The SMILES string of the molecule is COc1ccc(-c2csc(CCNC(=O)c3ccccc3C(=O)c3ccccc3)n2)cc1. The van der Waals surface area contributed by atoms with Crippen molar-refractivity contribution < 1.29 is 14.3 Å². The van der Waals surface area contributed by atoms with Crippen molar-refractivity contribution in [2.24, 2.45) is 0 Å². The number of benzene rings is 3. The molecular weight excluding hydrogens is 420 g/mol. The van der Waals surface area contributed by atoms with Gasteiger partial charge in [-0.2, -0.15) is 0 Å². The first-order valence-electron chi connectivity index (χ1n) is 10.2. The highest BCUT2D eigenvalue weighted by Gasteiger charge is 2.17. The van der Waals surface area contributed by atoms with E-state index in [0.29, 0.717) is 29.7 Å². The third-order valence-corrected chi connectivity index (χ3v) is 5.92. The molecule has 0 aliphatic carbocycles. The molecule has 3 aromatic carbocycles. The number of ketones is 1. The third kappa shape index (κ3) is 4.92. The van der Waals surface area contributed by atoms with Gasteiger partial charge in [-0.15, -0.1) is 11.3 Å². The van der Waals surface area contributed by atoms with E-state index in [1.54, 1.807) is 54.8 Å². The van der Waals surface area contributed by atoms with Crippen LogP contribution in [0.1, 0.15) is 31.3 Å². The molecule has 6 heteroatoms. The van der Waals surface area contributed by atoms with Crippen LogP contribution in [0.4, 0.5) is 0 Å². The number of aromatic nitrogens is 1. The fourth-order valence-corrected chi connectivity index (χ4v) is 4.13. The molecule has 4 rings (SSSR count). The number of thiazole rings is 1. The molecule has 32 heavy (non-hydrogen) atoms. The molecule has 0 radical (unpaired) electrons. The second-order valence-corrected chi connectivity index (χ2v) is 8.04. The van der Waals surface area contributed by atoms with Gasteiger partial charge in [0.25, 0.3) is 5.91 Å². The van der Waals surface area contributed by atoms with E-state index in [9.17, 15) is 9.59 Å². The Morgan fingerprint density at radius 2 is 1.59 bits per heavy atom. The molecule has 5 nitrogen and oxygen atoms in total. The van der Waals surface area contributed by atoms with Crippen LogP contribution >= 0.6 is 11.3 Å². The maximum atomic E-state index is 12.8. The molecule has 0 saturated carbocycles. The van der Waals surface area contributed by atoms with E-state index < -0.39 is 0 Å². The van der Waals surface area contributed by atoms with Gasteiger partial charge in [-0.25, -0.2) is 4.98 Å². The molecule has 1 aromatic heterocycles. The molecule has 1 heterocycles. The predicted molar refractivity (Wildman–Crippen MR) is 126 cm³/mol. The van der Waals surface area contributed by atoms with E-state index >= 15 is 0 Å². The van der Waals surface area contributed by atoms with E-state index in [2.05, 4.69) is 10.3 Å². The van der Waals surface area contributed by atoms with Crippen LogP contribution in [0.15, 0.2) is 84.2 Å². The van der Waals surface area contributed by atoms with Gasteiger partial charge in [0.2, 0.25) is 0 Å². The molecule has 0 fully saturated rings. The van der Waals surface area contributed by atoms with Gasteiger partial charge < -0.3 is 10.1 Å². The molecule has 160 valence electrons. The van der Waals surface area contributed by atoms with Crippen molar-refractivity contribution in [3.8, 4) is 17.0 Å². The lowest BCUT2D eigenvalue weighted by Crippen LogP contribution is -2.27. The number of ether oxygens (including phenoxy) is 1. The number of nitrogens with zero attached hydrogens (tertiary/aromatic N) is 1. The Hall–Kier alpha value is -3.77. The van der Waals surface area contributed by atoms with Gasteiger partial charge in [-0.05, 0) is 30.3 Å². The number of amides is 1. The quantitative estimate of drug-likeness (QED) is 0.389. The van der Waals surface area contributed by atoms with E-state index in [1.807, 2.05) is 47.8 Å². The second-order valence-electron chi connectivity index (χ2n) is 7.10. The van der Waals surface area contributed by atoms with Crippen molar-refractivity contribution in [1.29, 1.82) is 0 Å². The maximum Gasteiger partial charge on any atom is 0.252 e. The second kappa shape index (κ2) is 10.0. The van der Waals surface area contributed by atoms with Gasteiger partial charge in [0.05, 0.1) is 23.4 Å². The molecule has 1 amide bonds. The van der Waals surface area contributed by atoms with Gasteiger partial charge in [-0.1, -0.05) is 48.5 Å². The summed E-state index contributed by atoms with van der Waals surface area (Å²) >= 11 is 1.56. The van der Waals surface area contributed by atoms with Crippen molar-refractivity contribution >= 4 is 23.0 Å². The van der Waals surface area contributed by atoms with Crippen LogP contribution in [0.25, 0.3) is 11.3 Å². The Bertz CT molecular complexity index is 1220. The zero-order chi connectivity index (χ0) is 22.3. The normalized spacial score (nSPS) is 10.5. The number of carbonyl (C=O) groups is 2. The molecule has 0 aliphatic heterocycles. The summed E-state index contributed by atoms with van der Waals surface area (Å²) < 4.78 is 5.19. The first-order chi connectivity index (χ1) is 15.7. The number of methoxy groups -OCH3 is 1. The van der Waals surface area contributed by atoms with E-state index in [-0.39, 0.29) is 11.7 Å². The highest BCUT2D eigenvalue weighted by Crippen LogP contribution is 2.24. The summed E-state index contributed by atoms with van der Waals surface area (Å²) in [4.78, 5) is 30.3. The van der Waals surface area contributed by atoms with Crippen LogP contribution in [0, 0.1) is 0 Å². The molecule has 0 atom stereocenters. The van der Waals surface area contributed by atoms with Crippen molar-refractivity contribution in [2.45, 2.75) is 6.42 Å². The highest BCUT2D eigenvalue weighted by atomic mass is 32.1. The summed E-state index contributed by atoms with van der Waals surface area (Å²) in [6.45, 7) is 0.433. The van der Waals surface area contributed by atoms with Crippen LogP contribution in [-0.2, 0) is 6.42 Å². The summed E-state index contributed by atoms with van der Waals surface area (Å²) in [5.41, 5.74) is 3.25. The summed E-state index contributed by atoms with van der Waals surface area (Å²) in [5, 5.41) is 5.86. The summed E-state index contributed by atoms with van der Waals surface area (Å²) in [5.74, 6) is 0.371. The topological polar surface area (TPSA) is 68.3 Å². The summed E-state index contributed by atoms with van der Waals surface area (Å²) in [7, 11) is 1.64. The van der Waals surface area contributed by atoms with E-state index in [0.717, 1.165) is 22.0 Å². The first kappa shape index (κ1) is 21.5. The molecule has 1 N–H and O–H groups in total. The van der Waals surface area contributed by atoms with Crippen molar-refractivity contribution in [1.82, 2.24) is 10.3 Å². The van der Waals surface area contributed by atoms with Crippen LogP contribution in [0.2, 0.25) is 0 Å². The first-order valence-corrected chi connectivity index (χ1v) is 11.1. The lowest BCUT2D eigenvalue weighted by molar-refractivity contribution is 0.0942. The number of rotatable bonds is 8. The Labute approximate surface area is 190 Å². The predicted octanol–water partition coefficient (Wildman–Crippen LogP) is 5.02. The largest absolute Gasteiger partial charge is 0.497 e. The Morgan fingerprint density at radius 3 is 2.31 bits per heavy atom. The van der Waals surface area contributed by atoms with Crippen LogP contribution in [0.3, 0.4) is 0 Å². The van der Waals surface area contributed by atoms with E-state index in [4.69, 9.17) is 4.74 Å². The van der Waals surface area contributed by atoms with Gasteiger partial charge in [0.15, 0.2) is 5.78 Å². The van der Waals surface area contributed by atoms with Crippen molar-refractivity contribution in [3.05, 3.63) is 106 Å². The van der Waals surface area contributed by atoms with Crippen LogP contribution < -0.4 is 10.1 Å². The standard InChI is InChI=1S/C26H22N2O3S/c1-31-20-13-11-18(12-14-20)23-17-32-24(28-23)15-16-27-26(30)22-10-6-5-9-21(22)25(29)19-7-3-2-4-8-19/h2-14,17H,15-16H2,1H3,(H,27,30). The minimum atomic E-state index is -0.267. The number of nitrogens with one attached hydrogen (secondary N) is 1. The highest BCUT2D eigenvalue weighted by molar-refractivity contribution is 7.09. The number of hydrogen-bond acceptors (Lipinski definition) is 5. The van der Waals surface area contributed by atoms with Gasteiger partial charge in [0.1, 0.15) is 5.75 Å². The van der Waals surface area contributed by atoms with Crippen molar-refractivity contribution in [3.63, 3.8) is 0 Å². The minimum Gasteiger partial charge on any atom is -0.497 e.